The molecule has 158 valence electrons. The van der Waals surface area contributed by atoms with Crippen molar-refractivity contribution in [1.29, 1.82) is 0 Å². The summed E-state index contributed by atoms with van der Waals surface area (Å²) >= 11 is 6.59. The van der Waals surface area contributed by atoms with Crippen molar-refractivity contribution in [1.82, 2.24) is 0 Å². The quantitative estimate of drug-likeness (QED) is 0.144. The van der Waals surface area contributed by atoms with Crippen molar-refractivity contribution in [2.45, 2.75) is 123 Å². The lowest BCUT2D eigenvalue weighted by Crippen LogP contribution is -2.52. The largest absolute Gasteiger partial charge is 0.388 e. The molecular weight excluding hydrogens is 342 g/mol. The number of unbranched alkanes of at least 4 members (excludes halogenated alkanes) is 10. The van der Waals surface area contributed by atoms with Crippen molar-refractivity contribution < 1.29 is 9.59 Å². The predicted molar refractivity (Wildman–Crippen MR) is 118 cm³/mol. The second kappa shape index (κ2) is 17.3. The standard InChI is InChI=1S/C23H49ClNO/c1-5-8-9-10-11-12-13-14-15-16-17-18-23(24)19-20-25(6-2,7-3)21-22(4)26/h22-23,26H,5-21H2,1-4H3/q+1. The van der Waals surface area contributed by atoms with Crippen molar-refractivity contribution in [3.63, 3.8) is 0 Å². The van der Waals surface area contributed by atoms with Gasteiger partial charge in [-0.05, 0) is 27.2 Å². The van der Waals surface area contributed by atoms with Crippen LogP contribution in [0.15, 0.2) is 0 Å². The molecule has 0 spiro atoms. The average Bonchev–Trinajstić information content (AvgIpc) is 2.63. The first-order valence-corrected chi connectivity index (χ1v) is 12.1. The van der Waals surface area contributed by atoms with Crippen LogP contribution >= 0.6 is 11.6 Å². The van der Waals surface area contributed by atoms with Crippen LogP contribution in [0.25, 0.3) is 0 Å². The van der Waals surface area contributed by atoms with E-state index in [2.05, 4.69) is 20.8 Å². The molecule has 0 amide bonds. The summed E-state index contributed by atoms with van der Waals surface area (Å²) in [6.45, 7) is 12.8. The topological polar surface area (TPSA) is 20.2 Å². The minimum atomic E-state index is -0.227. The zero-order chi connectivity index (χ0) is 19.7. The van der Waals surface area contributed by atoms with Crippen molar-refractivity contribution in [3.8, 4) is 0 Å². The van der Waals surface area contributed by atoms with Crippen LogP contribution in [0.3, 0.4) is 0 Å². The van der Waals surface area contributed by atoms with Crippen molar-refractivity contribution in [3.05, 3.63) is 0 Å². The van der Waals surface area contributed by atoms with Gasteiger partial charge in [0, 0.05) is 11.8 Å². The van der Waals surface area contributed by atoms with Crippen LogP contribution in [0.5, 0.6) is 0 Å². The lowest BCUT2D eigenvalue weighted by molar-refractivity contribution is -0.927. The fraction of sp³-hybridized carbons (Fsp3) is 1.00. The van der Waals surface area contributed by atoms with Crippen molar-refractivity contribution >= 4 is 11.6 Å². The molecule has 0 aliphatic heterocycles. The van der Waals surface area contributed by atoms with E-state index in [4.69, 9.17) is 11.6 Å². The van der Waals surface area contributed by atoms with E-state index in [1.165, 1.54) is 70.6 Å². The van der Waals surface area contributed by atoms with E-state index in [1.54, 1.807) is 0 Å². The summed E-state index contributed by atoms with van der Waals surface area (Å²) in [4.78, 5) is 0. The highest BCUT2D eigenvalue weighted by Crippen LogP contribution is 2.18. The molecule has 0 radical (unpaired) electrons. The minimum absolute atomic E-state index is 0.227. The van der Waals surface area contributed by atoms with Gasteiger partial charge in [0.15, 0.2) is 0 Å². The van der Waals surface area contributed by atoms with Gasteiger partial charge in [0.05, 0.1) is 19.6 Å². The van der Waals surface area contributed by atoms with Gasteiger partial charge >= 0.3 is 0 Å². The normalized spacial score (nSPS) is 14.5. The molecule has 0 aliphatic rings. The van der Waals surface area contributed by atoms with E-state index in [0.717, 1.165) is 43.5 Å². The summed E-state index contributed by atoms with van der Waals surface area (Å²) in [6.07, 6.45) is 17.3. The number of likely N-dealkylation sites (N-methyl/N-ethyl adjacent to an activating group) is 1. The summed E-state index contributed by atoms with van der Waals surface area (Å²) in [7, 11) is 0. The first-order valence-electron chi connectivity index (χ1n) is 11.7. The van der Waals surface area contributed by atoms with Crippen molar-refractivity contribution in [2.75, 3.05) is 26.2 Å². The molecule has 0 fully saturated rings. The maximum absolute atomic E-state index is 9.78. The van der Waals surface area contributed by atoms with Gasteiger partial charge in [-0.3, -0.25) is 0 Å². The molecule has 26 heavy (non-hydrogen) atoms. The zero-order valence-corrected chi connectivity index (χ0v) is 19.2. The fourth-order valence-electron chi connectivity index (χ4n) is 4.04. The van der Waals surface area contributed by atoms with E-state index < -0.39 is 0 Å². The number of aliphatic hydroxyl groups excluding tert-OH is 1. The molecule has 0 saturated heterocycles. The second-order valence-electron chi connectivity index (χ2n) is 8.44. The third-order valence-electron chi connectivity index (χ3n) is 6.03. The van der Waals surface area contributed by atoms with Crippen LogP contribution in [0.1, 0.15) is 111 Å². The molecule has 0 bridgehead atoms. The molecule has 0 aromatic carbocycles. The maximum Gasteiger partial charge on any atom is 0.105 e. The van der Waals surface area contributed by atoms with Crippen LogP contribution in [0.2, 0.25) is 0 Å². The Morgan fingerprint density at radius 2 is 1.19 bits per heavy atom. The van der Waals surface area contributed by atoms with E-state index in [1.807, 2.05) is 6.92 Å². The number of rotatable bonds is 19. The van der Waals surface area contributed by atoms with E-state index >= 15 is 0 Å². The Morgan fingerprint density at radius 3 is 1.62 bits per heavy atom. The number of hydrogen-bond acceptors (Lipinski definition) is 1. The Balaban J connectivity index is 3.63. The first kappa shape index (κ1) is 26.2. The number of aliphatic hydroxyl groups is 1. The summed E-state index contributed by atoms with van der Waals surface area (Å²) in [5, 5.41) is 10.1. The Bertz CT molecular complexity index is 292. The number of nitrogens with zero attached hydrogens (tertiary/aromatic N) is 1. The van der Waals surface area contributed by atoms with Crippen LogP contribution in [-0.2, 0) is 0 Å². The fourth-order valence-corrected chi connectivity index (χ4v) is 4.29. The molecule has 3 heteroatoms. The molecule has 0 aliphatic carbocycles. The second-order valence-corrected chi connectivity index (χ2v) is 9.06. The van der Waals surface area contributed by atoms with E-state index in [0.29, 0.717) is 5.38 Å². The molecule has 0 aromatic rings. The molecule has 0 aromatic heterocycles. The van der Waals surface area contributed by atoms with Gasteiger partial charge in [0.25, 0.3) is 0 Å². The summed E-state index contributed by atoms with van der Waals surface area (Å²) in [6, 6.07) is 0. The third kappa shape index (κ3) is 14.3. The highest BCUT2D eigenvalue weighted by Gasteiger charge is 2.26. The number of hydrogen-bond donors (Lipinski definition) is 1. The number of quaternary nitrogens is 1. The Hall–Kier alpha value is 0.210. The molecule has 1 N–H and O–H groups in total. The third-order valence-corrected chi connectivity index (χ3v) is 6.47. The van der Waals surface area contributed by atoms with Crippen LogP contribution in [-0.4, -0.2) is 47.2 Å². The minimum Gasteiger partial charge on any atom is -0.388 e. The van der Waals surface area contributed by atoms with Crippen molar-refractivity contribution in [2.24, 2.45) is 0 Å². The van der Waals surface area contributed by atoms with Crippen LogP contribution < -0.4 is 0 Å². The van der Waals surface area contributed by atoms with E-state index in [9.17, 15) is 5.11 Å². The summed E-state index contributed by atoms with van der Waals surface area (Å²) < 4.78 is 0.999. The number of alkyl halides is 1. The van der Waals surface area contributed by atoms with Crippen LogP contribution in [0.4, 0.5) is 0 Å². The van der Waals surface area contributed by atoms with Gasteiger partial charge in [-0.2, -0.15) is 0 Å². The van der Waals surface area contributed by atoms with Crippen LogP contribution in [0, 0.1) is 0 Å². The monoisotopic (exact) mass is 390 g/mol. The van der Waals surface area contributed by atoms with Gasteiger partial charge in [-0.1, -0.05) is 77.6 Å². The average molecular weight is 391 g/mol. The smallest absolute Gasteiger partial charge is 0.105 e. The molecule has 0 saturated carbocycles. The van der Waals surface area contributed by atoms with Gasteiger partial charge in [-0.25, -0.2) is 0 Å². The van der Waals surface area contributed by atoms with Gasteiger partial charge in [0.2, 0.25) is 0 Å². The maximum atomic E-state index is 9.78. The van der Waals surface area contributed by atoms with Gasteiger partial charge in [0.1, 0.15) is 12.6 Å². The SMILES string of the molecule is CCCCCCCCCCCCCC(Cl)CC[N+](CC)(CC)CC(C)O. The summed E-state index contributed by atoms with van der Waals surface area (Å²) in [5.74, 6) is 0. The highest BCUT2D eigenvalue weighted by molar-refractivity contribution is 6.20. The number of halogens is 1. The summed E-state index contributed by atoms with van der Waals surface area (Å²) in [5.41, 5.74) is 0. The van der Waals surface area contributed by atoms with E-state index in [-0.39, 0.29) is 6.10 Å². The van der Waals surface area contributed by atoms with Gasteiger partial charge in [-0.15, -0.1) is 11.6 Å². The molecule has 2 nitrogen and oxygen atoms in total. The Labute approximate surface area is 170 Å². The molecule has 2 atom stereocenters. The predicted octanol–water partition coefficient (Wildman–Crippen LogP) is 6.92. The molecule has 0 rings (SSSR count). The Kier molecular flexibility index (Phi) is 17.5. The zero-order valence-electron chi connectivity index (χ0n) is 18.4. The lowest BCUT2D eigenvalue weighted by Gasteiger charge is -2.38. The van der Waals surface area contributed by atoms with Gasteiger partial charge < -0.3 is 9.59 Å². The Morgan fingerprint density at radius 1 is 0.731 bits per heavy atom. The molecule has 2 unspecified atom stereocenters. The lowest BCUT2D eigenvalue weighted by atomic mass is 10.0. The highest BCUT2D eigenvalue weighted by atomic mass is 35.5. The molecular formula is C23H49ClNO+. The first-order chi connectivity index (χ1) is 12.5. The molecule has 0 heterocycles.